The molecule has 1 heterocycles. The highest BCUT2D eigenvalue weighted by Crippen LogP contribution is 2.36. The van der Waals surface area contributed by atoms with Crippen LogP contribution in [0.4, 0.5) is 13.2 Å². The van der Waals surface area contributed by atoms with Gasteiger partial charge in [-0.05, 0) is 37.1 Å². The van der Waals surface area contributed by atoms with E-state index in [4.69, 9.17) is 4.52 Å². The number of rotatable bonds is 4. The number of hydrogen-bond donors (Lipinski definition) is 1. The van der Waals surface area contributed by atoms with E-state index >= 15 is 0 Å². The Morgan fingerprint density at radius 2 is 1.67 bits per heavy atom. The Hall–Kier alpha value is -1.94. The third-order valence-corrected chi connectivity index (χ3v) is 6.29. The molecule has 1 N–H and O–H groups in total. The molecule has 0 amide bonds. The van der Waals surface area contributed by atoms with Crippen LogP contribution < -0.4 is 4.72 Å². The molecular formula is C17H20F3N3O3S. The van der Waals surface area contributed by atoms with Crippen molar-refractivity contribution >= 4 is 10.0 Å². The smallest absolute Gasteiger partial charge is 0.340 e. The molecule has 1 saturated carbocycles. The van der Waals surface area contributed by atoms with Crippen LogP contribution in [0.2, 0.25) is 0 Å². The van der Waals surface area contributed by atoms with Gasteiger partial charge in [0, 0.05) is 6.92 Å². The first-order valence-corrected chi connectivity index (χ1v) is 10.1. The number of sulfonamides is 1. The summed E-state index contributed by atoms with van der Waals surface area (Å²) in [6.45, 7) is 1.62. The van der Waals surface area contributed by atoms with Gasteiger partial charge in [0.2, 0.25) is 15.9 Å². The molecule has 0 bridgehead atoms. The lowest BCUT2D eigenvalue weighted by Crippen LogP contribution is -2.46. The van der Waals surface area contributed by atoms with Gasteiger partial charge in [0.15, 0.2) is 5.82 Å². The van der Waals surface area contributed by atoms with E-state index < -0.39 is 27.3 Å². The first-order chi connectivity index (χ1) is 12.6. The third kappa shape index (κ3) is 4.32. The summed E-state index contributed by atoms with van der Waals surface area (Å²) in [5.41, 5.74) is -1.94. The maximum Gasteiger partial charge on any atom is 0.416 e. The van der Waals surface area contributed by atoms with Gasteiger partial charge in [-0.1, -0.05) is 30.8 Å². The molecule has 2 aromatic rings. The number of alkyl halides is 3. The van der Waals surface area contributed by atoms with E-state index in [1.807, 2.05) is 0 Å². The molecule has 6 nitrogen and oxygen atoms in total. The molecule has 0 saturated heterocycles. The monoisotopic (exact) mass is 403 g/mol. The Balaban J connectivity index is 1.95. The van der Waals surface area contributed by atoms with Crippen LogP contribution >= 0.6 is 0 Å². The van der Waals surface area contributed by atoms with Crippen LogP contribution in [-0.4, -0.2) is 18.6 Å². The second-order valence-electron chi connectivity index (χ2n) is 6.76. The number of benzene rings is 1. The zero-order chi connectivity index (χ0) is 19.7. The maximum atomic E-state index is 12.9. The zero-order valence-electron chi connectivity index (χ0n) is 14.7. The summed E-state index contributed by atoms with van der Waals surface area (Å²) in [7, 11) is -4.07. The number of aryl methyl sites for hydroxylation is 1. The van der Waals surface area contributed by atoms with E-state index in [1.54, 1.807) is 6.92 Å². The molecule has 148 valence electrons. The van der Waals surface area contributed by atoms with Crippen molar-refractivity contribution in [1.82, 2.24) is 14.9 Å². The fourth-order valence-electron chi connectivity index (χ4n) is 3.34. The molecule has 27 heavy (non-hydrogen) atoms. The predicted molar refractivity (Wildman–Crippen MR) is 90.2 cm³/mol. The van der Waals surface area contributed by atoms with Crippen molar-refractivity contribution < 1.29 is 26.1 Å². The normalized spacial score (nSPS) is 18.2. The lowest BCUT2D eigenvalue weighted by molar-refractivity contribution is -0.137. The summed E-state index contributed by atoms with van der Waals surface area (Å²) in [6.07, 6.45) is -0.0640. The van der Waals surface area contributed by atoms with E-state index in [-0.39, 0.29) is 10.7 Å². The van der Waals surface area contributed by atoms with Gasteiger partial charge >= 0.3 is 6.18 Å². The first kappa shape index (κ1) is 19.8. The van der Waals surface area contributed by atoms with Crippen LogP contribution in [0.5, 0.6) is 0 Å². The number of nitrogens with one attached hydrogen (secondary N) is 1. The predicted octanol–water partition coefficient (Wildman–Crippen LogP) is 3.92. The Morgan fingerprint density at radius 1 is 1.07 bits per heavy atom. The molecule has 3 rings (SSSR count). The van der Waals surface area contributed by atoms with E-state index in [2.05, 4.69) is 14.9 Å². The van der Waals surface area contributed by atoms with Gasteiger partial charge in [-0.25, -0.2) is 8.42 Å². The van der Waals surface area contributed by atoms with Crippen LogP contribution in [0.25, 0.3) is 0 Å². The molecule has 1 fully saturated rings. The number of aromatic nitrogens is 2. The Morgan fingerprint density at radius 3 is 2.15 bits per heavy atom. The van der Waals surface area contributed by atoms with E-state index in [0.29, 0.717) is 18.7 Å². The van der Waals surface area contributed by atoms with Crippen molar-refractivity contribution in [1.29, 1.82) is 0 Å². The van der Waals surface area contributed by atoms with Gasteiger partial charge in [-0.15, -0.1) is 0 Å². The number of hydrogen-bond acceptors (Lipinski definition) is 5. The molecule has 0 aliphatic heterocycles. The number of halogens is 3. The van der Waals surface area contributed by atoms with E-state index in [9.17, 15) is 21.6 Å². The minimum absolute atomic E-state index is 0.237. The Kier molecular flexibility index (Phi) is 5.31. The van der Waals surface area contributed by atoms with E-state index in [0.717, 1.165) is 49.9 Å². The van der Waals surface area contributed by atoms with Crippen LogP contribution in [0.15, 0.2) is 33.7 Å². The molecule has 0 unspecified atom stereocenters. The Labute approximate surface area is 155 Å². The van der Waals surface area contributed by atoms with Crippen molar-refractivity contribution in [2.24, 2.45) is 0 Å². The topological polar surface area (TPSA) is 85.1 Å². The second-order valence-corrected chi connectivity index (χ2v) is 8.44. The average Bonchev–Trinajstić information content (AvgIpc) is 2.90. The lowest BCUT2D eigenvalue weighted by atomic mass is 9.91. The van der Waals surface area contributed by atoms with Gasteiger partial charge in [0.25, 0.3) is 0 Å². The molecule has 1 aliphatic carbocycles. The maximum absolute atomic E-state index is 12.9. The van der Waals surface area contributed by atoms with Crippen LogP contribution in [-0.2, 0) is 21.7 Å². The third-order valence-electron chi connectivity index (χ3n) is 4.73. The first-order valence-electron chi connectivity index (χ1n) is 8.64. The van der Waals surface area contributed by atoms with Crippen molar-refractivity contribution in [3.63, 3.8) is 0 Å². The summed E-state index contributed by atoms with van der Waals surface area (Å²) in [6, 6.07) is 3.42. The highest BCUT2D eigenvalue weighted by molar-refractivity contribution is 7.89. The Bertz CT molecular complexity index is 884. The highest BCUT2D eigenvalue weighted by Gasteiger charge is 2.41. The molecule has 1 aromatic heterocycles. The minimum atomic E-state index is -4.53. The summed E-state index contributed by atoms with van der Waals surface area (Å²) in [4.78, 5) is 3.98. The van der Waals surface area contributed by atoms with Crippen molar-refractivity contribution in [3.8, 4) is 0 Å². The van der Waals surface area contributed by atoms with Gasteiger partial charge in [0.1, 0.15) is 0 Å². The molecule has 10 heteroatoms. The zero-order valence-corrected chi connectivity index (χ0v) is 15.5. The van der Waals surface area contributed by atoms with Crippen LogP contribution in [0.3, 0.4) is 0 Å². The van der Waals surface area contributed by atoms with E-state index in [1.165, 1.54) is 0 Å². The van der Waals surface area contributed by atoms with Gasteiger partial charge in [0.05, 0.1) is 16.0 Å². The molecule has 0 radical (unpaired) electrons. The average molecular weight is 403 g/mol. The van der Waals surface area contributed by atoms with Crippen molar-refractivity contribution in [2.45, 2.75) is 62.1 Å². The fraction of sp³-hybridized carbons (Fsp3) is 0.529. The molecule has 1 aliphatic rings. The van der Waals surface area contributed by atoms with Crippen LogP contribution in [0.1, 0.15) is 55.8 Å². The van der Waals surface area contributed by atoms with Crippen molar-refractivity contribution in [2.75, 3.05) is 0 Å². The standard InChI is InChI=1S/C17H20F3N3O3S/c1-12-21-15(22-26-12)16(10-4-2-3-5-11-16)23-27(24,25)14-8-6-13(7-9-14)17(18,19)20/h6-9,23H,2-5,10-11H2,1H3. The van der Waals surface area contributed by atoms with Gasteiger partial charge in [-0.3, -0.25) is 0 Å². The molecule has 1 aromatic carbocycles. The summed E-state index contributed by atoms with van der Waals surface area (Å²) in [5.74, 6) is 0.583. The van der Waals surface area contributed by atoms with Gasteiger partial charge in [-0.2, -0.15) is 22.9 Å². The summed E-state index contributed by atoms with van der Waals surface area (Å²) >= 11 is 0. The highest BCUT2D eigenvalue weighted by atomic mass is 32.2. The number of nitrogens with zero attached hydrogens (tertiary/aromatic N) is 2. The molecular weight excluding hydrogens is 383 g/mol. The van der Waals surface area contributed by atoms with Gasteiger partial charge < -0.3 is 4.52 Å². The SMILES string of the molecule is Cc1nc(C2(NS(=O)(=O)c3ccc(C(F)(F)F)cc3)CCCCCC2)no1. The van der Waals surface area contributed by atoms with Crippen molar-refractivity contribution in [3.05, 3.63) is 41.5 Å². The second kappa shape index (κ2) is 7.23. The summed E-state index contributed by atoms with van der Waals surface area (Å²) < 4.78 is 71.6. The fourth-order valence-corrected chi connectivity index (χ4v) is 4.76. The quantitative estimate of drug-likeness (QED) is 0.782. The minimum Gasteiger partial charge on any atom is -0.340 e. The van der Waals surface area contributed by atoms with Crippen LogP contribution in [0, 0.1) is 6.92 Å². The lowest BCUT2D eigenvalue weighted by Gasteiger charge is -2.30. The molecule has 0 atom stereocenters. The summed E-state index contributed by atoms with van der Waals surface area (Å²) in [5, 5.41) is 3.92. The largest absolute Gasteiger partial charge is 0.416 e. The molecule has 0 spiro atoms.